The minimum atomic E-state index is -0.0791. The highest BCUT2D eigenvalue weighted by atomic mass is 79.9. The molecule has 0 bridgehead atoms. The summed E-state index contributed by atoms with van der Waals surface area (Å²) in [5.74, 6) is 0. The summed E-state index contributed by atoms with van der Waals surface area (Å²) in [5, 5.41) is 2.44. The lowest BCUT2D eigenvalue weighted by Crippen LogP contribution is -2.12. The Hall–Kier alpha value is -1.64. The molecule has 1 unspecified atom stereocenters. The zero-order chi connectivity index (χ0) is 14.8. The van der Waals surface area contributed by atoms with Crippen LogP contribution in [0.25, 0.3) is 10.8 Å². The molecule has 0 amide bonds. The van der Waals surface area contributed by atoms with Crippen LogP contribution in [0.2, 0.25) is 0 Å². The van der Waals surface area contributed by atoms with Crippen molar-refractivity contribution >= 4 is 26.7 Å². The quantitative estimate of drug-likeness (QED) is 0.696. The molecule has 3 aromatic rings. The molecule has 0 radical (unpaired) electrons. The van der Waals surface area contributed by atoms with E-state index in [1.807, 2.05) is 0 Å². The molecule has 2 heteroatoms. The van der Waals surface area contributed by atoms with Crippen molar-refractivity contribution in [2.45, 2.75) is 19.4 Å². The van der Waals surface area contributed by atoms with Crippen LogP contribution < -0.4 is 5.73 Å². The van der Waals surface area contributed by atoms with Crippen molar-refractivity contribution in [2.75, 3.05) is 0 Å². The third kappa shape index (κ3) is 3.02. The Morgan fingerprint density at radius 3 is 2.43 bits per heavy atom. The van der Waals surface area contributed by atoms with Crippen molar-refractivity contribution in [3.8, 4) is 0 Å². The summed E-state index contributed by atoms with van der Waals surface area (Å²) in [6.07, 6.45) is 1.03. The summed E-state index contributed by atoms with van der Waals surface area (Å²) in [6.45, 7) is 2.17. The molecule has 0 heterocycles. The van der Waals surface area contributed by atoms with Gasteiger partial charge in [-0.1, -0.05) is 65.3 Å². The maximum Gasteiger partial charge on any atom is 0.0551 e. The van der Waals surface area contributed by atoms with E-state index < -0.39 is 0 Å². The summed E-state index contributed by atoms with van der Waals surface area (Å²) in [4.78, 5) is 0. The van der Waals surface area contributed by atoms with Crippen LogP contribution >= 0.6 is 15.9 Å². The zero-order valence-electron chi connectivity index (χ0n) is 12.0. The molecule has 3 rings (SSSR count). The van der Waals surface area contributed by atoms with Gasteiger partial charge in [-0.05, 0) is 52.1 Å². The number of aryl methyl sites for hydroxylation is 1. The van der Waals surface area contributed by atoms with Crippen molar-refractivity contribution < 1.29 is 0 Å². The van der Waals surface area contributed by atoms with Crippen molar-refractivity contribution in [3.63, 3.8) is 0 Å². The Bertz CT molecular complexity index is 779. The van der Waals surface area contributed by atoms with E-state index in [0.29, 0.717) is 0 Å². The van der Waals surface area contributed by atoms with Gasteiger partial charge in [-0.3, -0.25) is 0 Å². The van der Waals surface area contributed by atoms with E-state index in [-0.39, 0.29) is 6.04 Å². The zero-order valence-corrected chi connectivity index (χ0v) is 13.6. The molecule has 0 aliphatic carbocycles. The van der Waals surface area contributed by atoms with Crippen LogP contribution in [0.15, 0.2) is 65.1 Å². The maximum absolute atomic E-state index is 6.45. The standard InChI is InChI=1S/C19H18BrN/c1-2-13-4-3-5-16(10-13)19(21)17-7-6-15-12-18(20)9-8-14(15)11-17/h3-12,19H,2,21H2,1H3. The highest BCUT2D eigenvalue weighted by Crippen LogP contribution is 2.26. The van der Waals surface area contributed by atoms with Crippen molar-refractivity contribution in [2.24, 2.45) is 5.73 Å². The van der Waals surface area contributed by atoms with Gasteiger partial charge in [-0.15, -0.1) is 0 Å². The average molecular weight is 340 g/mol. The molecule has 0 aliphatic rings. The van der Waals surface area contributed by atoms with E-state index >= 15 is 0 Å². The number of nitrogens with two attached hydrogens (primary N) is 1. The highest BCUT2D eigenvalue weighted by Gasteiger charge is 2.10. The summed E-state index contributed by atoms with van der Waals surface area (Å²) in [6, 6.07) is 21.2. The van der Waals surface area contributed by atoms with Gasteiger partial charge < -0.3 is 5.73 Å². The monoisotopic (exact) mass is 339 g/mol. The van der Waals surface area contributed by atoms with Gasteiger partial charge in [0.15, 0.2) is 0 Å². The van der Waals surface area contributed by atoms with Crippen LogP contribution in [0.4, 0.5) is 0 Å². The fourth-order valence-electron chi connectivity index (χ4n) is 2.63. The molecular formula is C19H18BrN. The third-order valence-corrected chi connectivity index (χ3v) is 4.40. The predicted molar refractivity (Wildman–Crippen MR) is 93.5 cm³/mol. The fraction of sp³-hybridized carbons (Fsp3) is 0.158. The molecule has 2 N–H and O–H groups in total. The highest BCUT2D eigenvalue weighted by molar-refractivity contribution is 9.10. The molecule has 21 heavy (non-hydrogen) atoms. The van der Waals surface area contributed by atoms with E-state index in [0.717, 1.165) is 16.5 Å². The summed E-state index contributed by atoms with van der Waals surface area (Å²) in [5.41, 5.74) is 10.1. The van der Waals surface area contributed by atoms with E-state index in [9.17, 15) is 0 Å². The maximum atomic E-state index is 6.45. The molecule has 1 atom stereocenters. The molecule has 0 aliphatic heterocycles. The minimum absolute atomic E-state index is 0.0791. The van der Waals surface area contributed by atoms with Gasteiger partial charge in [-0.25, -0.2) is 0 Å². The fourth-order valence-corrected chi connectivity index (χ4v) is 3.01. The number of rotatable bonds is 3. The average Bonchev–Trinajstić information content (AvgIpc) is 2.53. The Labute approximate surface area is 133 Å². The lowest BCUT2D eigenvalue weighted by molar-refractivity contribution is 0.869. The van der Waals surface area contributed by atoms with Gasteiger partial charge in [0.05, 0.1) is 6.04 Å². The van der Waals surface area contributed by atoms with Gasteiger partial charge in [-0.2, -0.15) is 0 Å². The second kappa shape index (κ2) is 6.00. The second-order valence-electron chi connectivity index (χ2n) is 5.33. The molecule has 106 valence electrons. The van der Waals surface area contributed by atoms with Gasteiger partial charge >= 0.3 is 0 Å². The Balaban J connectivity index is 2.00. The van der Waals surface area contributed by atoms with Crippen molar-refractivity contribution in [1.29, 1.82) is 0 Å². The minimum Gasteiger partial charge on any atom is -0.320 e. The first-order valence-corrected chi connectivity index (χ1v) is 8.00. The third-order valence-electron chi connectivity index (χ3n) is 3.90. The Morgan fingerprint density at radius 2 is 1.62 bits per heavy atom. The first-order chi connectivity index (χ1) is 10.2. The van der Waals surface area contributed by atoms with Crippen molar-refractivity contribution in [1.82, 2.24) is 0 Å². The molecule has 0 spiro atoms. The van der Waals surface area contributed by atoms with Crippen LogP contribution in [0.1, 0.15) is 29.7 Å². The van der Waals surface area contributed by atoms with Crippen LogP contribution in [-0.2, 0) is 6.42 Å². The normalized spacial score (nSPS) is 12.5. The molecule has 1 nitrogen and oxygen atoms in total. The summed E-state index contributed by atoms with van der Waals surface area (Å²) < 4.78 is 1.10. The molecule has 0 fully saturated rings. The lowest BCUT2D eigenvalue weighted by Gasteiger charge is -2.14. The van der Waals surface area contributed by atoms with Gasteiger partial charge in [0.25, 0.3) is 0 Å². The smallest absolute Gasteiger partial charge is 0.0551 e. The molecule has 3 aromatic carbocycles. The molecular weight excluding hydrogens is 322 g/mol. The number of hydrogen-bond donors (Lipinski definition) is 1. The number of benzene rings is 3. The second-order valence-corrected chi connectivity index (χ2v) is 6.24. The lowest BCUT2D eigenvalue weighted by atomic mass is 9.95. The van der Waals surface area contributed by atoms with Crippen molar-refractivity contribution in [3.05, 3.63) is 81.8 Å². The van der Waals surface area contributed by atoms with Crippen LogP contribution in [0.3, 0.4) is 0 Å². The van der Waals surface area contributed by atoms with E-state index in [4.69, 9.17) is 5.73 Å². The van der Waals surface area contributed by atoms with E-state index in [2.05, 4.69) is 83.5 Å². The molecule has 0 aromatic heterocycles. The molecule has 0 saturated heterocycles. The van der Waals surface area contributed by atoms with Crippen LogP contribution in [0.5, 0.6) is 0 Å². The largest absolute Gasteiger partial charge is 0.320 e. The number of hydrogen-bond acceptors (Lipinski definition) is 1. The SMILES string of the molecule is CCc1cccc(C(N)c2ccc3cc(Br)ccc3c2)c1. The number of fused-ring (bicyclic) bond motifs is 1. The first kappa shape index (κ1) is 14.3. The van der Waals surface area contributed by atoms with Crippen LogP contribution in [-0.4, -0.2) is 0 Å². The summed E-state index contributed by atoms with van der Waals surface area (Å²) >= 11 is 3.51. The predicted octanol–water partition coefficient (Wildman–Crippen LogP) is 5.21. The van der Waals surface area contributed by atoms with Gasteiger partial charge in [0.2, 0.25) is 0 Å². The topological polar surface area (TPSA) is 26.0 Å². The van der Waals surface area contributed by atoms with E-state index in [1.165, 1.54) is 21.9 Å². The van der Waals surface area contributed by atoms with Crippen LogP contribution in [0, 0.1) is 0 Å². The molecule has 0 saturated carbocycles. The Morgan fingerprint density at radius 1 is 0.905 bits per heavy atom. The number of halogens is 1. The summed E-state index contributed by atoms with van der Waals surface area (Å²) in [7, 11) is 0. The first-order valence-electron chi connectivity index (χ1n) is 7.21. The Kier molecular flexibility index (Phi) is 4.09. The van der Waals surface area contributed by atoms with Gasteiger partial charge in [0, 0.05) is 4.47 Å². The van der Waals surface area contributed by atoms with E-state index in [1.54, 1.807) is 0 Å². The van der Waals surface area contributed by atoms with Gasteiger partial charge in [0.1, 0.15) is 0 Å².